The highest BCUT2D eigenvalue weighted by Gasteiger charge is 2.41. The number of aliphatic hydroxyl groups is 1. The van der Waals surface area contributed by atoms with Crippen molar-refractivity contribution in [2.75, 3.05) is 0 Å². The molecule has 0 aromatic heterocycles. The van der Waals surface area contributed by atoms with Gasteiger partial charge in [0.15, 0.2) is 0 Å². The van der Waals surface area contributed by atoms with Crippen molar-refractivity contribution in [3.8, 4) is 5.75 Å². The molecule has 0 radical (unpaired) electrons. The maximum Gasteiger partial charge on any atom is 0.120 e. The number of rotatable bonds is 4. The Morgan fingerprint density at radius 1 is 1.20 bits per heavy atom. The van der Waals surface area contributed by atoms with E-state index in [0.717, 1.165) is 24.2 Å². The van der Waals surface area contributed by atoms with Crippen molar-refractivity contribution in [3.63, 3.8) is 0 Å². The van der Waals surface area contributed by atoms with Crippen molar-refractivity contribution in [1.82, 2.24) is 0 Å². The summed E-state index contributed by atoms with van der Waals surface area (Å²) in [7, 11) is 0. The predicted octanol–water partition coefficient (Wildman–Crippen LogP) is 3.32. The second-order valence-corrected chi connectivity index (χ2v) is 6.32. The molecule has 1 N–H and O–H groups in total. The Balaban J connectivity index is 1.77. The highest BCUT2D eigenvalue weighted by atomic mass is 16.5. The molecule has 3 heteroatoms. The largest absolute Gasteiger partial charge is 0.490 e. The molecule has 2 fully saturated rings. The summed E-state index contributed by atoms with van der Waals surface area (Å²) in [6.07, 6.45) is 2.48. The molecule has 1 aliphatic heterocycles. The highest BCUT2D eigenvalue weighted by Crippen LogP contribution is 2.41. The molecule has 5 unspecified atom stereocenters. The van der Waals surface area contributed by atoms with E-state index in [2.05, 4.69) is 20.8 Å². The third kappa shape index (κ3) is 2.70. The fourth-order valence-corrected chi connectivity index (χ4v) is 3.21. The first-order valence-corrected chi connectivity index (χ1v) is 7.66. The maximum atomic E-state index is 10.7. The van der Waals surface area contributed by atoms with Crippen molar-refractivity contribution in [2.45, 2.75) is 58.0 Å². The van der Waals surface area contributed by atoms with Crippen LogP contribution in [0.1, 0.15) is 45.3 Å². The molecule has 1 aliphatic carbocycles. The molecular weight excluding hydrogens is 252 g/mol. The van der Waals surface area contributed by atoms with Crippen LogP contribution in [-0.4, -0.2) is 23.4 Å². The van der Waals surface area contributed by atoms with Crippen molar-refractivity contribution < 1.29 is 14.6 Å². The highest BCUT2D eigenvalue weighted by molar-refractivity contribution is 5.31. The molecule has 1 aromatic carbocycles. The number of ether oxygens (including phenoxy) is 2. The third-order valence-corrected chi connectivity index (χ3v) is 4.71. The number of hydrogen-bond donors (Lipinski definition) is 1. The van der Waals surface area contributed by atoms with Gasteiger partial charge >= 0.3 is 0 Å². The minimum Gasteiger partial charge on any atom is -0.490 e. The van der Waals surface area contributed by atoms with Gasteiger partial charge in [-0.25, -0.2) is 0 Å². The van der Waals surface area contributed by atoms with E-state index in [-0.39, 0.29) is 18.1 Å². The van der Waals surface area contributed by atoms with Gasteiger partial charge in [0.2, 0.25) is 0 Å². The smallest absolute Gasteiger partial charge is 0.120 e. The van der Waals surface area contributed by atoms with Gasteiger partial charge in [-0.15, -0.1) is 0 Å². The summed E-state index contributed by atoms with van der Waals surface area (Å²) in [5.74, 6) is 1.37. The van der Waals surface area contributed by atoms with Crippen molar-refractivity contribution >= 4 is 0 Å². The Bertz CT molecular complexity index is 469. The van der Waals surface area contributed by atoms with Crippen molar-refractivity contribution in [1.29, 1.82) is 0 Å². The fourth-order valence-electron chi connectivity index (χ4n) is 3.21. The van der Waals surface area contributed by atoms with E-state index < -0.39 is 6.10 Å². The summed E-state index contributed by atoms with van der Waals surface area (Å²) in [6.45, 7) is 6.30. The van der Waals surface area contributed by atoms with Crippen LogP contribution in [0.25, 0.3) is 0 Å². The van der Waals surface area contributed by atoms with Crippen LogP contribution in [0.2, 0.25) is 0 Å². The van der Waals surface area contributed by atoms with E-state index >= 15 is 0 Å². The van der Waals surface area contributed by atoms with Crippen LogP contribution in [0.4, 0.5) is 0 Å². The predicted molar refractivity (Wildman–Crippen MR) is 77.7 cm³/mol. The molecule has 1 heterocycles. The SMILES string of the molecule is CC1OC(C)C(C(O)c2cccc(OC3CC3)c2)C1C. The first kappa shape index (κ1) is 13.9. The minimum atomic E-state index is -0.493. The van der Waals surface area contributed by atoms with Gasteiger partial charge in [0, 0.05) is 5.92 Å². The van der Waals surface area contributed by atoms with Crippen molar-refractivity contribution in [3.05, 3.63) is 29.8 Å². The maximum absolute atomic E-state index is 10.7. The van der Waals surface area contributed by atoms with Crippen LogP contribution in [0.15, 0.2) is 24.3 Å². The van der Waals surface area contributed by atoms with E-state index in [9.17, 15) is 5.11 Å². The van der Waals surface area contributed by atoms with Crippen LogP contribution in [0, 0.1) is 11.8 Å². The van der Waals surface area contributed by atoms with Gasteiger partial charge in [0.1, 0.15) is 5.75 Å². The molecule has 0 spiro atoms. The van der Waals surface area contributed by atoms with Crippen molar-refractivity contribution in [2.24, 2.45) is 11.8 Å². The van der Waals surface area contributed by atoms with E-state index in [1.165, 1.54) is 0 Å². The number of benzene rings is 1. The molecule has 2 aliphatic rings. The first-order valence-electron chi connectivity index (χ1n) is 7.66. The topological polar surface area (TPSA) is 38.7 Å². The first-order chi connectivity index (χ1) is 9.56. The Morgan fingerprint density at radius 3 is 2.55 bits per heavy atom. The normalized spacial score (nSPS) is 35.0. The van der Waals surface area contributed by atoms with E-state index in [0.29, 0.717) is 12.0 Å². The molecule has 0 bridgehead atoms. The molecule has 1 saturated carbocycles. The average Bonchev–Trinajstić information content (AvgIpc) is 3.18. The molecule has 5 atom stereocenters. The minimum absolute atomic E-state index is 0.0861. The number of hydrogen-bond acceptors (Lipinski definition) is 3. The molecule has 0 amide bonds. The Hall–Kier alpha value is -1.06. The van der Waals surface area contributed by atoms with E-state index in [1.807, 2.05) is 24.3 Å². The summed E-state index contributed by atoms with van der Waals surface area (Å²) in [6, 6.07) is 7.89. The molecule has 3 nitrogen and oxygen atoms in total. The zero-order valence-electron chi connectivity index (χ0n) is 12.5. The van der Waals surface area contributed by atoms with Gasteiger partial charge in [-0.05, 0) is 50.3 Å². The zero-order chi connectivity index (χ0) is 14.3. The van der Waals surface area contributed by atoms with E-state index in [1.54, 1.807) is 0 Å². The van der Waals surface area contributed by atoms with Crippen LogP contribution in [0.3, 0.4) is 0 Å². The summed E-state index contributed by atoms with van der Waals surface area (Å²) in [5, 5.41) is 10.7. The van der Waals surface area contributed by atoms with Gasteiger partial charge in [-0.3, -0.25) is 0 Å². The standard InChI is InChI=1S/C17H24O3/c1-10-11(2)19-12(3)16(10)17(18)13-5-4-6-15(9-13)20-14-7-8-14/h4-6,9-12,14,16-18H,7-8H2,1-3H3. The van der Waals surface area contributed by atoms with Gasteiger partial charge in [0.25, 0.3) is 0 Å². The lowest BCUT2D eigenvalue weighted by Crippen LogP contribution is -2.25. The molecular formula is C17H24O3. The lowest BCUT2D eigenvalue weighted by Gasteiger charge is -2.25. The Labute approximate surface area is 120 Å². The molecule has 1 saturated heterocycles. The molecule has 20 heavy (non-hydrogen) atoms. The molecule has 3 rings (SSSR count). The van der Waals surface area contributed by atoms with Crippen LogP contribution >= 0.6 is 0 Å². The van der Waals surface area contributed by atoms with E-state index in [4.69, 9.17) is 9.47 Å². The average molecular weight is 276 g/mol. The van der Waals surface area contributed by atoms with Gasteiger partial charge in [-0.1, -0.05) is 19.1 Å². The lowest BCUT2D eigenvalue weighted by molar-refractivity contribution is 0.0230. The zero-order valence-corrected chi connectivity index (χ0v) is 12.5. The summed E-state index contributed by atoms with van der Waals surface area (Å²) >= 11 is 0. The monoisotopic (exact) mass is 276 g/mol. The van der Waals surface area contributed by atoms with Crippen LogP contribution in [0.5, 0.6) is 5.75 Å². The quantitative estimate of drug-likeness (QED) is 0.917. The van der Waals surface area contributed by atoms with Gasteiger partial charge in [-0.2, -0.15) is 0 Å². The second-order valence-electron chi connectivity index (χ2n) is 6.32. The lowest BCUT2D eigenvalue weighted by atomic mass is 9.82. The van der Waals surface area contributed by atoms with Crippen LogP contribution < -0.4 is 4.74 Å². The molecule has 110 valence electrons. The summed E-state index contributed by atoms with van der Waals surface area (Å²) in [5.41, 5.74) is 0.935. The second kappa shape index (κ2) is 5.38. The van der Waals surface area contributed by atoms with Crippen LogP contribution in [-0.2, 0) is 4.74 Å². The third-order valence-electron chi connectivity index (χ3n) is 4.71. The number of aliphatic hydroxyl groups excluding tert-OH is 1. The Morgan fingerprint density at radius 2 is 1.95 bits per heavy atom. The van der Waals surface area contributed by atoms with Gasteiger partial charge < -0.3 is 14.6 Å². The Kier molecular flexibility index (Phi) is 3.74. The summed E-state index contributed by atoms with van der Waals surface area (Å²) < 4.78 is 11.7. The van der Waals surface area contributed by atoms with Gasteiger partial charge in [0.05, 0.1) is 24.4 Å². The fraction of sp³-hybridized carbons (Fsp3) is 0.647. The summed E-state index contributed by atoms with van der Waals surface area (Å²) in [4.78, 5) is 0. The molecule has 1 aromatic rings.